The second kappa shape index (κ2) is 8.92. The van der Waals surface area contributed by atoms with E-state index in [0.29, 0.717) is 21.3 Å². The smallest absolute Gasteiger partial charge is 0.206 e. The fraction of sp³-hybridized carbons (Fsp3) is 0. The lowest BCUT2D eigenvalue weighted by Gasteiger charge is -2.08. The summed E-state index contributed by atoms with van der Waals surface area (Å²) in [6.07, 6.45) is 0. The number of hydrogen-bond donors (Lipinski definition) is 2. The zero-order chi connectivity index (χ0) is 21.8. The van der Waals surface area contributed by atoms with Crippen LogP contribution in [-0.2, 0) is 0 Å². The number of nitrogens with two attached hydrogens (primary N) is 1. The zero-order valence-electron chi connectivity index (χ0n) is 16.1. The Hall–Kier alpha value is -3.79. The number of nitriles is 1. The molecule has 0 aliphatic carbocycles. The Labute approximate surface area is 188 Å². The molecule has 0 atom stereocenters. The van der Waals surface area contributed by atoms with Gasteiger partial charge in [0.15, 0.2) is 0 Å². The lowest BCUT2D eigenvalue weighted by molar-refractivity contribution is 0.104. The van der Waals surface area contributed by atoms with E-state index in [-0.39, 0.29) is 21.9 Å². The summed E-state index contributed by atoms with van der Waals surface area (Å²) >= 11 is 7.28. The summed E-state index contributed by atoms with van der Waals surface area (Å²) in [6, 6.07) is 25.6. The number of carbonyl (C=O) groups excluding carboxylic acids is 1. The van der Waals surface area contributed by atoms with Crippen molar-refractivity contribution in [3.63, 3.8) is 0 Å². The van der Waals surface area contributed by atoms with E-state index in [0.717, 1.165) is 22.8 Å². The number of rotatable bonds is 6. The molecule has 4 aromatic rings. The molecule has 5 nitrogen and oxygen atoms in total. The number of halogens is 1. The fourth-order valence-corrected chi connectivity index (χ4v) is 4.21. The van der Waals surface area contributed by atoms with Gasteiger partial charge in [0.05, 0.1) is 10.7 Å². The van der Waals surface area contributed by atoms with Crippen LogP contribution >= 0.6 is 22.9 Å². The number of nitrogens with one attached hydrogen (secondary N) is 1. The monoisotopic (exact) mass is 445 g/mol. The zero-order valence-corrected chi connectivity index (χ0v) is 17.7. The van der Waals surface area contributed by atoms with Crippen molar-refractivity contribution in [1.29, 1.82) is 5.26 Å². The lowest BCUT2D eigenvalue weighted by atomic mass is 10.1. The van der Waals surface area contributed by atoms with Crippen molar-refractivity contribution in [2.45, 2.75) is 0 Å². The number of benzene rings is 3. The first kappa shape index (κ1) is 20.5. The van der Waals surface area contributed by atoms with Crippen molar-refractivity contribution in [2.24, 2.45) is 0 Å². The normalized spacial score (nSPS) is 10.3. The van der Waals surface area contributed by atoms with Gasteiger partial charge in [0.2, 0.25) is 5.78 Å². The molecule has 4 rings (SSSR count). The number of ketones is 1. The Kier molecular flexibility index (Phi) is 5.89. The van der Waals surface area contributed by atoms with Crippen LogP contribution in [0, 0.1) is 11.3 Å². The quantitative estimate of drug-likeness (QED) is 0.325. The second-order valence-corrected chi connectivity index (χ2v) is 7.96. The van der Waals surface area contributed by atoms with Crippen molar-refractivity contribution >= 4 is 45.1 Å². The highest BCUT2D eigenvalue weighted by Crippen LogP contribution is 2.39. The van der Waals surface area contributed by atoms with E-state index >= 15 is 0 Å². The number of para-hydroxylation sites is 1. The van der Waals surface area contributed by atoms with E-state index in [4.69, 9.17) is 22.1 Å². The predicted octanol–water partition coefficient (Wildman–Crippen LogP) is 6.62. The highest BCUT2D eigenvalue weighted by molar-refractivity contribution is 7.19. The van der Waals surface area contributed by atoms with Gasteiger partial charge in [0.1, 0.15) is 33.0 Å². The van der Waals surface area contributed by atoms with Crippen molar-refractivity contribution in [1.82, 2.24) is 0 Å². The van der Waals surface area contributed by atoms with Crippen LogP contribution in [0.15, 0.2) is 78.9 Å². The molecule has 0 aliphatic heterocycles. The molecular weight excluding hydrogens is 430 g/mol. The minimum atomic E-state index is -0.316. The van der Waals surface area contributed by atoms with Crippen LogP contribution in [0.25, 0.3) is 0 Å². The first-order valence-electron chi connectivity index (χ1n) is 9.28. The molecule has 7 heteroatoms. The van der Waals surface area contributed by atoms with Crippen LogP contribution in [0.5, 0.6) is 11.5 Å². The fourth-order valence-electron chi connectivity index (χ4n) is 2.94. The molecule has 0 saturated carbocycles. The van der Waals surface area contributed by atoms with Gasteiger partial charge < -0.3 is 15.8 Å². The molecule has 0 amide bonds. The van der Waals surface area contributed by atoms with Gasteiger partial charge in [-0.3, -0.25) is 4.79 Å². The SMILES string of the molecule is N#Cc1c(Nc2ccc(Oc3ccccc3)cc2)sc(C(=O)c2ccccc2Cl)c1N. The third-order valence-corrected chi connectivity index (χ3v) is 5.92. The topological polar surface area (TPSA) is 88.1 Å². The Balaban J connectivity index is 1.58. The van der Waals surface area contributed by atoms with Crippen molar-refractivity contribution in [3.8, 4) is 17.6 Å². The molecule has 0 unspecified atom stereocenters. The maximum atomic E-state index is 12.9. The second-order valence-electron chi connectivity index (χ2n) is 6.53. The van der Waals surface area contributed by atoms with E-state index in [1.165, 1.54) is 0 Å². The summed E-state index contributed by atoms with van der Waals surface area (Å²) in [5.41, 5.74) is 7.57. The number of hydrogen-bond acceptors (Lipinski definition) is 6. The molecular formula is C24H16ClN3O2S. The van der Waals surface area contributed by atoms with Gasteiger partial charge >= 0.3 is 0 Å². The Morgan fingerprint density at radius 2 is 1.61 bits per heavy atom. The number of nitrogens with zero attached hydrogens (tertiary/aromatic N) is 1. The van der Waals surface area contributed by atoms with Gasteiger partial charge in [-0.05, 0) is 48.5 Å². The van der Waals surface area contributed by atoms with Crippen LogP contribution in [0.1, 0.15) is 20.8 Å². The summed E-state index contributed by atoms with van der Waals surface area (Å²) in [6.45, 7) is 0. The molecule has 152 valence electrons. The Bertz CT molecular complexity index is 1280. The van der Waals surface area contributed by atoms with Crippen LogP contribution in [0.3, 0.4) is 0 Å². The lowest BCUT2D eigenvalue weighted by Crippen LogP contribution is -2.03. The average molecular weight is 446 g/mol. The van der Waals surface area contributed by atoms with Crippen molar-refractivity contribution in [3.05, 3.63) is 99.9 Å². The number of anilines is 3. The third kappa shape index (κ3) is 4.38. The third-order valence-electron chi connectivity index (χ3n) is 4.47. The summed E-state index contributed by atoms with van der Waals surface area (Å²) in [4.78, 5) is 13.2. The standard InChI is InChI=1S/C24H16ClN3O2S/c25-20-9-5-4-8-18(20)22(29)23-21(27)19(14-26)24(31-23)28-15-10-12-17(13-11-15)30-16-6-2-1-3-7-16/h1-13,28H,27H2. The molecule has 0 radical (unpaired) electrons. The van der Waals surface area contributed by atoms with Gasteiger partial charge in [-0.15, -0.1) is 11.3 Å². The maximum absolute atomic E-state index is 12.9. The van der Waals surface area contributed by atoms with Gasteiger partial charge in [-0.25, -0.2) is 0 Å². The number of carbonyl (C=O) groups is 1. The highest BCUT2D eigenvalue weighted by Gasteiger charge is 2.23. The molecule has 31 heavy (non-hydrogen) atoms. The van der Waals surface area contributed by atoms with Gasteiger partial charge in [-0.2, -0.15) is 5.26 Å². The number of ether oxygens (including phenoxy) is 1. The molecule has 0 bridgehead atoms. The Morgan fingerprint density at radius 1 is 0.968 bits per heavy atom. The average Bonchev–Trinajstić information content (AvgIpc) is 3.10. The molecule has 0 spiro atoms. The van der Waals surface area contributed by atoms with E-state index in [1.807, 2.05) is 54.6 Å². The van der Waals surface area contributed by atoms with Gasteiger partial charge in [-0.1, -0.05) is 41.9 Å². The summed E-state index contributed by atoms with van der Waals surface area (Å²) < 4.78 is 5.79. The number of nitrogen functional groups attached to an aromatic ring is 1. The van der Waals surface area contributed by atoms with Crippen LogP contribution < -0.4 is 15.8 Å². The van der Waals surface area contributed by atoms with Crippen LogP contribution in [0.2, 0.25) is 5.02 Å². The van der Waals surface area contributed by atoms with Crippen molar-refractivity contribution < 1.29 is 9.53 Å². The summed E-state index contributed by atoms with van der Waals surface area (Å²) in [7, 11) is 0. The molecule has 3 aromatic carbocycles. The molecule has 0 aliphatic rings. The molecule has 0 saturated heterocycles. The molecule has 1 aromatic heterocycles. The predicted molar refractivity (Wildman–Crippen MR) is 125 cm³/mol. The molecule has 0 fully saturated rings. The largest absolute Gasteiger partial charge is 0.457 e. The Morgan fingerprint density at radius 3 is 2.29 bits per heavy atom. The minimum Gasteiger partial charge on any atom is -0.457 e. The van der Waals surface area contributed by atoms with Crippen molar-refractivity contribution in [2.75, 3.05) is 11.1 Å². The van der Waals surface area contributed by atoms with E-state index in [2.05, 4.69) is 11.4 Å². The first-order chi connectivity index (χ1) is 15.1. The minimum absolute atomic E-state index is 0.143. The van der Waals surface area contributed by atoms with Gasteiger partial charge in [0.25, 0.3) is 0 Å². The van der Waals surface area contributed by atoms with Crippen LogP contribution in [-0.4, -0.2) is 5.78 Å². The number of thiophene rings is 1. The van der Waals surface area contributed by atoms with Gasteiger partial charge in [0, 0.05) is 11.3 Å². The molecule has 3 N–H and O–H groups in total. The summed E-state index contributed by atoms with van der Waals surface area (Å²) in [5, 5.41) is 13.6. The highest BCUT2D eigenvalue weighted by atomic mass is 35.5. The van der Waals surface area contributed by atoms with E-state index in [9.17, 15) is 10.1 Å². The first-order valence-corrected chi connectivity index (χ1v) is 10.5. The van der Waals surface area contributed by atoms with E-state index in [1.54, 1.807) is 24.3 Å². The molecule has 1 heterocycles. The van der Waals surface area contributed by atoms with Crippen LogP contribution in [0.4, 0.5) is 16.4 Å². The maximum Gasteiger partial charge on any atom is 0.206 e. The summed E-state index contributed by atoms with van der Waals surface area (Å²) in [5.74, 6) is 1.10. The van der Waals surface area contributed by atoms with E-state index < -0.39 is 0 Å².